The van der Waals surface area contributed by atoms with Gasteiger partial charge in [-0.05, 0) is 49.4 Å². The summed E-state index contributed by atoms with van der Waals surface area (Å²) in [6.45, 7) is 3.46. The lowest BCUT2D eigenvalue weighted by Gasteiger charge is -2.08. The van der Waals surface area contributed by atoms with Crippen LogP contribution in [0.2, 0.25) is 0 Å². The molecule has 3 rings (SSSR count). The lowest BCUT2D eigenvalue weighted by atomic mass is 10.2. The van der Waals surface area contributed by atoms with E-state index < -0.39 is 0 Å². The van der Waals surface area contributed by atoms with E-state index in [-0.39, 0.29) is 5.56 Å². The zero-order valence-electron chi connectivity index (χ0n) is 13.4. The SMILES string of the molecule is Cc1ccc(OCCCCn2ccc3ccccc3c2=O)cc1. The van der Waals surface area contributed by atoms with Crippen LogP contribution in [-0.4, -0.2) is 11.2 Å². The minimum atomic E-state index is 0.0857. The van der Waals surface area contributed by atoms with Crippen molar-refractivity contribution in [3.05, 3.63) is 76.7 Å². The standard InChI is InChI=1S/C20H21NO2/c1-16-8-10-18(11-9-16)23-15-5-4-13-21-14-12-17-6-2-3-7-19(17)20(21)22/h2-3,6-12,14H,4-5,13,15H2,1H3. The second-order valence-electron chi connectivity index (χ2n) is 5.77. The smallest absolute Gasteiger partial charge is 0.258 e. The minimum Gasteiger partial charge on any atom is -0.494 e. The molecule has 1 heterocycles. The Morgan fingerprint density at radius 2 is 1.74 bits per heavy atom. The largest absolute Gasteiger partial charge is 0.494 e. The van der Waals surface area contributed by atoms with E-state index in [4.69, 9.17) is 4.74 Å². The van der Waals surface area contributed by atoms with Gasteiger partial charge in [-0.25, -0.2) is 0 Å². The number of aromatic nitrogens is 1. The van der Waals surface area contributed by atoms with Gasteiger partial charge in [-0.2, -0.15) is 0 Å². The number of fused-ring (bicyclic) bond motifs is 1. The first-order chi connectivity index (χ1) is 11.2. The second kappa shape index (κ2) is 7.14. The molecule has 0 radical (unpaired) electrons. The molecule has 0 aliphatic heterocycles. The van der Waals surface area contributed by atoms with Crippen molar-refractivity contribution in [1.82, 2.24) is 4.57 Å². The van der Waals surface area contributed by atoms with Gasteiger partial charge in [0.2, 0.25) is 0 Å². The number of benzene rings is 2. The van der Waals surface area contributed by atoms with Crippen molar-refractivity contribution in [3.8, 4) is 5.75 Å². The number of hydrogen-bond donors (Lipinski definition) is 0. The minimum absolute atomic E-state index is 0.0857. The molecule has 118 valence electrons. The van der Waals surface area contributed by atoms with Crippen LogP contribution in [0.3, 0.4) is 0 Å². The fourth-order valence-corrected chi connectivity index (χ4v) is 2.61. The molecular weight excluding hydrogens is 286 g/mol. The van der Waals surface area contributed by atoms with Crippen molar-refractivity contribution in [2.24, 2.45) is 0 Å². The number of nitrogens with zero attached hydrogens (tertiary/aromatic N) is 1. The fraction of sp³-hybridized carbons (Fsp3) is 0.250. The Balaban J connectivity index is 1.52. The number of ether oxygens (including phenoxy) is 1. The summed E-state index contributed by atoms with van der Waals surface area (Å²) in [6.07, 6.45) is 3.72. The summed E-state index contributed by atoms with van der Waals surface area (Å²) >= 11 is 0. The third-order valence-electron chi connectivity index (χ3n) is 3.97. The van der Waals surface area contributed by atoms with E-state index in [0.717, 1.165) is 35.9 Å². The molecule has 3 heteroatoms. The lowest BCUT2D eigenvalue weighted by Crippen LogP contribution is -2.19. The molecule has 23 heavy (non-hydrogen) atoms. The molecule has 0 aliphatic carbocycles. The Bertz CT molecular complexity index is 834. The van der Waals surface area contributed by atoms with Crippen LogP contribution in [0.25, 0.3) is 10.8 Å². The molecule has 3 aromatic rings. The summed E-state index contributed by atoms with van der Waals surface area (Å²) in [5.41, 5.74) is 1.32. The molecule has 1 aromatic heterocycles. The van der Waals surface area contributed by atoms with Crippen molar-refractivity contribution in [3.63, 3.8) is 0 Å². The number of unbranched alkanes of at least 4 members (excludes halogenated alkanes) is 1. The Morgan fingerprint density at radius 3 is 2.57 bits per heavy atom. The molecule has 0 amide bonds. The summed E-state index contributed by atoms with van der Waals surface area (Å²) in [4.78, 5) is 12.4. The first-order valence-corrected chi connectivity index (χ1v) is 8.02. The fourth-order valence-electron chi connectivity index (χ4n) is 2.61. The third-order valence-corrected chi connectivity index (χ3v) is 3.97. The highest BCUT2D eigenvalue weighted by Crippen LogP contribution is 2.12. The van der Waals surface area contributed by atoms with Gasteiger partial charge in [0, 0.05) is 18.1 Å². The van der Waals surface area contributed by atoms with Crippen molar-refractivity contribution in [2.75, 3.05) is 6.61 Å². The zero-order valence-corrected chi connectivity index (χ0v) is 13.4. The molecule has 0 saturated carbocycles. The average Bonchev–Trinajstić information content (AvgIpc) is 2.58. The Labute approximate surface area is 136 Å². The maximum atomic E-state index is 12.4. The van der Waals surface area contributed by atoms with Gasteiger partial charge < -0.3 is 9.30 Å². The molecule has 0 spiro atoms. The Kier molecular flexibility index (Phi) is 4.77. The molecule has 0 bridgehead atoms. The molecular formula is C20H21NO2. The monoisotopic (exact) mass is 307 g/mol. The zero-order chi connectivity index (χ0) is 16.1. The van der Waals surface area contributed by atoms with Crippen LogP contribution in [0, 0.1) is 6.92 Å². The van der Waals surface area contributed by atoms with E-state index in [9.17, 15) is 4.79 Å². The lowest BCUT2D eigenvalue weighted by molar-refractivity contribution is 0.303. The van der Waals surface area contributed by atoms with E-state index in [0.29, 0.717) is 6.61 Å². The topological polar surface area (TPSA) is 31.2 Å². The molecule has 0 N–H and O–H groups in total. The van der Waals surface area contributed by atoms with Crippen LogP contribution in [0.4, 0.5) is 0 Å². The number of aryl methyl sites for hydroxylation is 2. The molecule has 0 fully saturated rings. The quantitative estimate of drug-likeness (QED) is 0.640. The average molecular weight is 307 g/mol. The van der Waals surface area contributed by atoms with Crippen LogP contribution in [-0.2, 0) is 6.54 Å². The number of pyridine rings is 1. The molecule has 0 aliphatic rings. The molecule has 0 atom stereocenters. The van der Waals surface area contributed by atoms with Crippen LogP contribution >= 0.6 is 0 Å². The highest BCUT2D eigenvalue weighted by molar-refractivity contribution is 5.81. The second-order valence-corrected chi connectivity index (χ2v) is 5.77. The Morgan fingerprint density at radius 1 is 0.957 bits per heavy atom. The maximum Gasteiger partial charge on any atom is 0.258 e. The third kappa shape index (κ3) is 3.81. The number of hydrogen-bond acceptors (Lipinski definition) is 2. The van der Waals surface area contributed by atoms with Gasteiger partial charge in [0.15, 0.2) is 0 Å². The van der Waals surface area contributed by atoms with E-state index >= 15 is 0 Å². The van der Waals surface area contributed by atoms with Crippen LogP contribution in [0.5, 0.6) is 5.75 Å². The first-order valence-electron chi connectivity index (χ1n) is 8.02. The number of rotatable bonds is 6. The van der Waals surface area contributed by atoms with Crippen molar-refractivity contribution < 1.29 is 4.74 Å². The van der Waals surface area contributed by atoms with Gasteiger partial charge in [0.25, 0.3) is 5.56 Å². The highest BCUT2D eigenvalue weighted by Gasteiger charge is 2.02. The predicted molar refractivity (Wildman–Crippen MR) is 94.1 cm³/mol. The summed E-state index contributed by atoms with van der Waals surface area (Å²) < 4.78 is 7.50. The van der Waals surface area contributed by atoms with E-state index in [1.54, 1.807) is 4.57 Å². The maximum absolute atomic E-state index is 12.4. The summed E-state index contributed by atoms with van der Waals surface area (Å²) in [6, 6.07) is 17.8. The molecule has 2 aromatic carbocycles. The van der Waals surface area contributed by atoms with Crippen LogP contribution in [0.15, 0.2) is 65.6 Å². The normalized spacial score (nSPS) is 10.8. The summed E-state index contributed by atoms with van der Waals surface area (Å²) in [7, 11) is 0. The van der Waals surface area contributed by atoms with Gasteiger partial charge in [0.05, 0.1) is 6.61 Å². The summed E-state index contributed by atoms with van der Waals surface area (Å²) in [5.74, 6) is 0.901. The molecule has 3 nitrogen and oxygen atoms in total. The van der Waals surface area contributed by atoms with Crippen molar-refractivity contribution in [1.29, 1.82) is 0 Å². The van der Waals surface area contributed by atoms with Gasteiger partial charge in [0.1, 0.15) is 5.75 Å². The van der Waals surface area contributed by atoms with Crippen molar-refractivity contribution >= 4 is 10.8 Å². The van der Waals surface area contributed by atoms with E-state index in [1.165, 1.54) is 5.56 Å². The predicted octanol–water partition coefficient (Wildman–Crippen LogP) is 4.17. The molecule has 0 saturated heterocycles. The van der Waals surface area contributed by atoms with Crippen LogP contribution in [0.1, 0.15) is 18.4 Å². The van der Waals surface area contributed by atoms with Gasteiger partial charge in [-0.1, -0.05) is 35.9 Å². The first kappa shape index (κ1) is 15.3. The molecule has 0 unspecified atom stereocenters. The van der Waals surface area contributed by atoms with E-state index in [1.807, 2.05) is 60.8 Å². The van der Waals surface area contributed by atoms with Gasteiger partial charge >= 0.3 is 0 Å². The Hall–Kier alpha value is -2.55. The van der Waals surface area contributed by atoms with Gasteiger partial charge in [-0.3, -0.25) is 4.79 Å². The van der Waals surface area contributed by atoms with Crippen molar-refractivity contribution in [2.45, 2.75) is 26.3 Å². The van der Waals surface area contributed by atoms with Crippen LogP contribution < -0.4 is 10.3 Å². The summed E-state index contributed by atoms with van der Waals surface area (Å²) in [5, 5.41) is 1.78. The van der Waals surface area contributed by atoms with Gasteiger partial charge in [-0.15, -0.1) is 0 Å². The van der Waals surface area contributed by atoms with E-state index in [2.05, 4.69) is 6.92 Å². The highest BCUT2D eigenvalue weighted by atomic mass is 16.5.